The Kier molecular flexibility index (Phi) is 7.99. The maximum atomic E-state index is 12.1. The molecule has 0 atom stereocenters. The average molecular weight is 411 g/mol. The number of benzene rings is 2. The molecule has 0 radical (unpaired) electrons. The monoisotopic (exact) mass is 410 g/mol. The van der Waals surface area contributed by atoms with Gasteiger partial charge in [0, 0.05) is 11.3 Å². The zero-order valence-electron chi connectivity index (χ0n) is 18.1. The normalized spacial score (nSPS) is 18.6. The van der Waals surface area contributed by atoms with E-state index in [1.54, 1.807) is 4.90 Å². The number of anilines is 1. The molecule has 2 aromatic rings. The Morgan fingerprint density at radius 1 is 0.833 bits per heavy atom. The minimum absolute atomic E-state index is 0.518. The molecule has 1 heterocycles. The molecule has 2 aromatic carbocycles. The molecule has 0 bridgehead atoms. The Morgan fingerprint density at radius 3 is 2.07 bits per heavy atom. The van der Waals surface area contributed by atoms with Crippen molar-refractivity contribution in [1.29, 1.82) is 0 Å². The van der Waals surface area contributed by atoms with E-state index in [9.17, 15) is 9.59 Å². The zero-order valence-corrected chi connectivity index (χ0v) is 18.1. The quantitative estimate of drug-likeness (QED) is 0.469. The minimum Gasteiger partial charge on any atom is -0.342 e. The van der Waals surface area contributed by atoms with Crippen LogP contribution in [0.25, 0.3) is 0 Å². The summed E-state index contributed by atoms with van der Waals surface area (Å²) >= 11 is 0. The summed E-state index contributed by atoms with van der Waals surface area (Å²) in [5, 5.41) is 5.40. The van der Waals surface area contributed by atoms with E-state index in [0.29, 0.717) is 12.2 Å². The number of rotatable bonds is 7. The Balaban J connectivity index is 1.32. The summed E-state index contributed by atoms with van der Waals surface area (Å²) in [5.41, 5.74) is 4.53. The number of quaternary nitrogens is 2. The van der Waals surface area contributed by atoms with E-state index in [0.717, 1.165) is 45.7 Å². The van der Waals surface area contributed by atoms with Gasteiger partial charge in [-0.2, -0.15) is 0 Å². The van der Waals surface area contributed by atoms with E-state index in [2.05, 4.69) is 48.7 Å². The maximum absolute atomic E-state index is 12.1. The molecule has 6 nitrogen and oxygen atoms in total. The third-order valence-electron chi connectivity index (χ3n) is 5.83. The molecular weight excluding hydrogens is 376 g/mol. The first-order chi connectivity index (χ1) is 14.5. The smallest absolute Gasteiger partial charge is 0.313 e. The van der Waals surface area contributed by atoms with Gasteiger partial charge in [0.05, 0.1) is 13.1 Å². The van der Waals surface area contributed by atoms with Crippen molar-refractivity contribution in [3.8, 4) is 0 Å². The third-order valence-corrected chi connectivity index (χ3v) is 5.83. The molecule has 0 aromatic heterocycles. The molecule has 160 valence electrons. The van der Waals surface area contributed by atoms with E-state index in [-0.39, 0.29) is 0 Å². The molecular formula is C24H34N4O2+2. The topological polar surface area (TPSA) is 67.1 Å². The van der Waals surface area contributed by atoms with E-state index in [1.165, 1.54) is 21.6 Å². The molecule has 4 N–H and O–H groups in total. The van der Waals surface area contributed by atoms with Crippen LogP contribution in [0.1, 0.15) is 23.6 Å². The van der Waals surface area contributed by atoms with Crippen molar-refractivity contribution in [3.63, 3.8) is 0 Å². The maximum Gasteiger partial charge on any atom is 0.313 e. The predicted molar refractivity (Wildman–Crippen MR) is 119 cm³/mol. The van der Waals surface area contributed by atoms with Gasteiger partial charge in [0.15, 0.2) is 0 Å². The molecule has 3 rings (SSSR count). The van der Waals surface area contributed by atoms with Gasteiger partial charge in [-0.3, -0.25) is 9.59 Å². The van der Waals surface area contributed by atoms with Crippen molar-refractivity contribution in [1.82, 2.24) is 5.32 Å². The largest absolute Gasteiger partial charge is 0.342 e. The number of hydrogen-bond donors (Lipinski definition) is 4. The fourth-order valence-electron chi connectivity index (χ4n) is 3.82. The van der Waals surface area contributed by atoms with Crippen LogP contribution in [-0.4, -0.2) is 51.1 Å². The number of carbonyl (C=O) groups is 2. The minimum atomic E-state index is -0.610. The number of nitrogens with one attached hydrogen (secondary N) is 4. The lowest BCUT2D eigenvalue weighted by molar-refractivity contribution is -1.02. The third kappa shape index (κ3) is 6.68. The number of aryl methyl sites for hydroxylation is 2. The van der Waals surface area contributed by atoms with Gasteiger partial charge < -0.3 is 20.4 Å². The Hall–Kier alpha value is -2.70. The Morgan fingerprint density at radius 2 is 1.43 bits per heavy atom. The van der Waals surface area contributed by atoms with E-state index < -0.39 is 11.8 Å². The predicted octanol–water partition coefficient (Wildman–Crippen LogP) is -0.404. The standard InChI is InChI=1S/C24H32N4O2/c1-3-20-8-10-22(11-9-20)26-24(30)23(29)25-12-13-27-14-16-28(17-15-27)18-21-6-4-19(2)5-7-21/h4-11H,3,12-18H2,1-2H3,(H,25,29)(H,26,30)/p+2. The summed E-state index contributed by atoms with van der Waals surface area (Å²) in [5.74, 6) is -1.18. The molecule has 1 fully saturated rings. The second kappa shape index (κ2) is 10.9. The lowest BCUT2D eigenvalue weighted by Crippen LogP contribution is -3.27. The SMILES string of the molecule is CCc1ccc(NC(=O)C(=O)NCC[NH+]2CC[NH+](Cc3ccc(C)cc3)CC2)cc1. The highest BCUT2D eigenvalue weighted by Crippen LogP contribution is 2.09. The summed E-state index contributed by atoms with van der Waals surface area (Å²) in [6, 6.07) is 16.4. The summed E-state index contributed by atoms with van der Waals surface area (Å²) in [6.07, 6.45) is 0.943. The van der Waals surface area contributed by atoms with Gasteiger partial charge in [-0.15, -0.1) is 0 Å². The molecule has 1 aliphatic rings. The highest BCUT2D eigenvalue weighted by atomic mass is 16.2. The Bertz CT molecular complexity index is 825. The van der Waals surface area contributed by atoms with Gasteiger partial charge in [-0.05, 0) is 31.0 Å². The zero-order chi connectivity index (χ0) is 21.3. The number of carbonyl (C=O) groups excluding carboxylic acids is 2. The summed E-state index contributed by atoms with van der Waals surface area (Å²) in [4.78, 5) is 27.2. The van der Waals surface area contributed by atoms with Gasteiger partial charge in [0.2, 0.25) is 0 Å². The van der Waals surface area contributed by atoms with Crippen molar-refractivity contribution in [2.24, 2.45) is 0 Å². The fraction of sp³-hybridized carbons (Fsp3) is 0.417. The van der Waals surface area contributed by atoms with Crippen LogP contribution < -0.4 is 20.4 Å². The molecule has 0 aliphatic carbocycles. The molecule has 0 spiro atoms. The van der Waals surface area contributed by atoms with Crippen LogP contribution in [0.5, 0.6) is 0 Å². The molecule has 1 aliphatic heterocycles. The van der Waals surface area contributed by atoms with Gasteiger partial charge in [0.1, 0.15) is 32.7 Å². The van der Waals surface area contributed by atoms with Gasteiger partial charge in [-0.1, -0.05) is 48.9 Å². The molecule has 6 heteroatoms. The fourth-order valence-corrected chi connectivity index (χ4v) is 3.82. The van der Waals surface area contributed by atoms with Crippen LogP contribution in [0.3, 0.4) is 0 Å². The van der Waals surface area contributed by atoms with Crippen LogP contribution in [-0.2, 0) is 22.6 Å². The first kappa shape index (κ1) is 22.0. The van der Waals surface area contributed by atoms with Crippen molar-refractivity contribution in [3.05, 3.63) is 65.2 Å². The molecule has 0 saturated carbocycles. The van der Waals surface area contributed by atoms with E-state index >= 15 is 0 Å². The molecule has 30 heavy (non-hydrogen) atoms. The van der Waals surface area contributed by atoms with Crippen LogP contribution in [0.15, 0.2) is 48.5 Å². The lowest BCUT2D eigenvalue weighted by Gasteiger charge is -2.29. The van der Waals surface area contributed by atoms with Crippen molar-refractivity contribution in [2.45, 2.75) is 26.8 Å². The molecule has 2 amide bonds. The summed E-state index contributed by atoms with van der Waals surface area (Å²) in [6.45, 7) is 11.1. The Labute approximate surface area is 179 Å². The van der Waals surface area contributed by atoms with Crippen LogP contribution in [0, 0.1) is 6.92 Å². The summed E-state index contributed by atoms with van der Waals surface area (Å²) in [7, 11) is 0. The van der Waals surface area contributed by atoms with Crippen LogP contribution >= 0.6 is 0 Å². The van der Waals surface area contributed by atoms with Crippen LogP contribution in [0.2, 0.25) is 0 Å². The first-order valence-corrected chi connectivity index (χ1v) is 10.9. The summed E-state index contributed by atoms with van der Waals surface area (Å²) < 4.78 is 0. The highest BCUT2D eigenvalue weighted by Gasteiger charge is 2.23. The first-order valence-electron chi connectivity index (χ1n) is 10.9. The second-order valence-electron chi connectivity index (χ2n) is 8.17. The number of amides is 2. The molecule has 1 saturated heterocycles. The van der Waals surface area contributed by atoms with Crippen molar-refractivity contribution >= 4 is 17.5 Å². The van der Waals surface area contributed by atoms with E-state index in [1.807, 2.05) is 24.3 Å². The van der Waals surface area contributed by atoms with Crippen molar-refractivity contribution in [2.75, 3.05) is 44.6 Å². The van der Waals surface area contributed by atoms with E-state index in [4.69, 9.17) is 0 Å². The molecule has 0 unspecified atom stereocenters. The van der Waals surface area contributed by atoms with Gasteiger partial charge >= 0.3 is 11.8 Å². The number of hydrogen-bond acceptors (Lipinski definition) is 2. The van der Waals surface area contributed by atoms with Gasteiger partial charge in [-0.25, -0.2) is 0 Å². The van der Waals surface area contributed by atoms with Gasteiger partial charge in [0.25, 0.3) is 0 Å². The highest BCUT2D eigenvalue weighted by molar-refractivity contribution is 6.39. The van der Waals surface area contributed by atoms with Crippen LogP contribution in [0.4, 0.5) is 5.69 Å². The second-order valence-corrected chi connectivity index (χ2v) is 8.17. The van der Waals surface area contributed by atoms with Crippen molar-refractivity contribution < 1.29 is 19.4 Å². The lowest BCUT2D eigenvalue weighted by atomic mass is 10.1. The average Bonchev–Trinajstić information content (AvgIpc) is 2.77. The number of piperazine rings is 1.